The summed E-state index contributed by atoms with van der Waals surface area (Å²) in [5, 5.41) is 1.82. The lowest BCUT2D eigenvalue weighted by atomic mass is 9.97. The Kier molecular flexibility index (Phi) is 4.46. The van der Waals surface area contributed by atoms with Crippen LogP contribution < -0.4 is 0 Å². The van der Waals surface area contributed by atoms with Crippen LogP contribution in [0.5, 0.6) is 0 Å². The molecule has 0 bridgehead atoms. The minimum Gasteiger partial charge on any atom is -0.299 e. The van der Waals surface area contributed by atoms with Gasteiger partial charge in [-0.2, -0.15) is 0 Å². The van der Waals surface area contributed by atoms with Crippen molar-refractivity contribution in [3.63, 3.8) is 0 Å². The first-order chi connectivity index (χ1) is 8.18. The van der Waals surface area contributed by atoms with E-state index >= 15 is 0 Å². The smallest absolute Gasteiger partial charge is 0.101 e. The SMILES string of the molecule is CC(C)Sc1ncccc1C1CCCCN1C. The van der Waals surface area contributed by atoms with Gasteiger partial charge in [-0.25, -0.2) is 4.98 Å². The van der Waals surface area contributed by atoms with Crippen LogP contribution in [0.3, 0.4) is 0 Å². The highest BCUT2D eigenvalue weighted by Crippen LogP contribution is 2.35. The Bertz CT molecular complexity index is 365. The lowest BCUT2D eigenvalue weighted by molar-refractivity contribution is 0.184. The van der Waals surface area contributed by atoms with E-state index in [9.17, 15) is 0 Å². The summed E-state index contributed by atoms with van der Waals surface area (Å²) >= 11 is 1.88. The first kappa shape index (κ1) is 12.9. The zero-order chi connectivity index (χ0) is 12.3. The number of aromatic nitrogens is 1. The van der Waals surface area contributed by atoms with Crippen molar-refractivity contribution in [3.8, 4) is 0 Å². The number of hydrogen-bond donors (Lipinski definition) is 0. The van der Waals surface area contributed by atoms with Gasteiger partial charge in [-0.05, 0) is 32.5 Å². The minimum absolute atomic E-state index is 0.568. The third-order valence-corrected chi connectivity index (χ3v) is 4.31. The highest BCUT2D eigenvalue weighted by molar-refractivity contribution is 7.99. The Morgan fingerprint density at radius 1 is 1.41 bits per heavy atom. The van der Waals surface area contributed by atoms with Gasteiger partial charge < -0.3 is 0 Å². The van der Waals surface area contributed by atoms with E-state index in [1.807, 2.05) is 18.0 Å². The quantitative estimate of drug-likeness (QED) is 0.760. The number of likely N-dealkylation sites (tertiary alicyclic amines) is 1. The molecule has 0 aromatic carbocycles. The standard InChI is InChI=1S/C14H22N2S/c1-11(2)17-14-12(7-6-9-15-14)13-8-4-5-10-16(13)3/h6-7,9,11,13H,4-5,8,10H2,1-3H3. The van der Waals surface area contributed by atoms with Gasteiger partial charge in [0.25, 0.3) is 0 Å². The molecule has 1 aromatic rings. The van der Waals surface area contributed by atoms with Crippen molar-refractivity contribution in [2.75, 3.05) is 13.6 Å². The van der Waals surface area contributed by atoms with Gasteiger partial charge >= 0.3 is 0 Å². The second-order valence-corrected chi connectivity index (χ2v) is 6.62. The van der Waals surface area contributed by atoms with Gasteiger partial charge in [0.05, 0.1) is 0 Å². The van der Waals surface area contributed by atoms with E-state index in [1.165, 1.54) is 36.4 Å². The summed E-state index contributed by atoms with van der Waals surface area (Å²) in [5.74, 6) is 0. The van der Waals surface area contributed by atoms with Crippen LogP contribution in [0.15, 0.2) is 23.4 Å². The van der Waals surface area contributed by atoms with E-state index in [4.69, 9.17) is 0 Å². The van der Waals surface area contributed by atoms with Crippen molar-refractivity contribution < 1.29 is 0 Å². The normalized spacial score (nSPS) is 22.0. The lowest BCUT2D eigenvalue weighted by Crippen LogP contribution is -2.30. The summed E-state index contributed by atoms with van der Waals surface area (Å²) in [6.07, 6.45) is 5.86. The number of thioether (sulfide) groups is 1. The molecule has 1 unspecified atom stereocenters. The van der Waals surface area contributed by atoms with E-state index in [-0.39, 0.29) is 0 Å². The summed E-state index contributed by atoms with van der Waals surface area (Å²) in [6, 6.07) is 4.89. The zero-order valence-corrected chi connectivity index (χ0v) is 11.8. The van der Waals surface area contributed by atoms with Crippen LogP contribution >= 0.6 is 11.8 Å². The lowest BCUT2D eigenvalue weighted by Gasteiger charge is -2.33. The maximum absolute atomic E-state index is 4.56. The predicted octanol–water partition coefficient (Wildman–Crippen LogP) is 3.74. The molecule has 1 aromatic heterocycles. The maximum Gasteiger partial charge on any atom is 0.101 e. The third-order valence-electron chi connectivity index (χ3n) is 3.28. The number of piperidine rings is 1. The van der Waals surface area contributed by atoms with Crippen molar-refractivity contribution in [2.45, 2.75) is 49.4 Å². The Morgan fingerprint density at radius 3 is 2.94 bits per heavy atom. The number of hydrogen-bond acceptors (Lipinski definition) is 3. The molecule has 0 amide bonds. The van der Waals surface area contributed by atoms with Crippen molar-refractivity contribution >= 4 is 11.8 Å². The molecule has 2 rings (SSSR count). The molecule has 2 heterocycles. The van der Waals surface area contributed by atoms with Crippen LogP contribution in [0.2, 0.25) is 0 Å². The first-order valence-electron chi connectivity index (χ1n) is 6.50. The highest BCUT2D eigenvalue weighted by atomic mass is 32.2. The van der Waals surface area contributed by atoms with Crippen LogP contribution in [0.25, 0.3) is 0 Å². The largest absolute Gasteiger partial charge is 0.299 e. The molecule has 0 radical (unpaired) electrons. The summed E-state index contributed by atoms with van der Waals surface area (Å²) < 4.78 is 0. The fourth-order valence-electron chi connectivity index (χ4n) is 2.45. The monoisotopic (exact) mass is 250 g/mol. The van der Waals surface area contributed by atoms with Gasteiger partial charge in [0.15, 0.2) is 0 Å². The molecule has 0 spiro atoms. The topological polar surface area (TPSA) is 16.1 Å². The van der Waals surface area contributed by atoms with Gasteiger partial charge in [-0.15, -0.1) is 11.8 Å². The van der Waals surface area contributed by atoms with E-state index in [2.05, 4.69) is 42.9 Å². The summed E-state index contributed by atoms with van der Waals surface area (Å²) in [6.45, 7) is 5.67. The molecule has 0 saturated carbocycles. The molecule has 0 N–H and O–H groups in total. The Labute approximate surface area is 109 Å². The summed E-state index contributed by atoms with van der Waals surface area (Å²) in [4.78, 5) is 7.04. The average Bonchev–Trinajstić information content (AvgIpc) is 2.30. The molecule has 1 fully saturated rings. The third kappa shape index (κ3) is 3.23. The van der Waals surface area contributed by atoms with Crippen LogP contribution in [0, 0.1) is 0 Å². The molecule has 3 heteroatoms. The first-order valence-corrected chi connectivity index (χ1v) is 7.38. The van der Waals surface area contributed by atoms with E-state index < -0.39 is 0 Å². The highest BCUT2D eigenvalue weighted by Gasteiger charge is 2.23. The Morgan fingerprint density at radius 2 is 2.24 bits per heavy atom. The van der Waals surface area contributed by atoms with Crippen molar-refractivity contribution in [3.05, 3.63) is 23.9 Å². The molecular weight excluding hydrogens is 228 g/mol. The van der Waals surface area contributed by atoms with Gasteiger partial charge in [-0.1, -0.05) is 26.3 Å². The van der Waals surface area contributed by atoms with Crippen molar-refractivity contribution in [1.82, 2.24) is 9.88 Å². The van der Waals surface area contributed by atoms with Crippen LogP contribution in [-0.2, 0) is 0 Å². The van der Waals surface area contributed by atoms with Gasteiger partial charge in [0.2, 0.25) is 0 Å². The van der Waals surface area contributed by atoms with Gasteiger partial charge in [0.1, 0.15) is 5.03 Å². The Hall–Kier alpha value is -0.540. The van der Waals surface area contributed by atoms with Crippen LogP contribution in [0.4, 0.5) is 0 Å². The zero-order valence-electron chi connectivity index (χ0n) is 11.0. The van der Waals surface area contributed by atoms with Crippen LogP contribution in [-0.4, -0.2) is 28.7 Å². The molecule has 94 valence electrons. The second-order valence-electron chi connectivity index (χ2n) is 5.06. The number of pyridine rings is 1. The number of nitrogens with zero attached hydrogens (tertiary/aromatic N) is 2. The molecule has 17 heavy (non-hydrogen) atoms. The molecule has 1 saturated heterocycles. The molecular formula is C14H22N2S. The molecule has 0 aliphatic carbocycles. The van der Waals surface area contributed by atoms with Crippen molar-refractivity contribution in [2.24, 2.45) is 0 Å². The van der Waals surface area contributed by atoms with Crippen LogP contribution in [0.1, 0.15) is 44.7 Å². The summed E-state index contributed by atoms with van der Waals surface area (Å²) in [5.41, 5.74) is 1.42. The summed E-state index contributed by atoms with van der Waals surface area (Å²) in [7, 11) is 2.24. The molecule has 1 aliphatic rings. The molecule has 2 nitrogen and oxygen atoms in total. The molecule has 1 atom stereocenters. The minimum atomic E-state index is 0.568. The van der Waals surface area contributed by atoms with Gasteiger partial charge in [0, 0.05) is 23.1 Å². The number of rotatable bonds is 3. The predicted molar refractivity (Wildman–Crippen MR) is 74.5 cm³/mol. The van der Waals surface area contributed by atoms with Crippen molar-refractivity contribution in [1.29, 1.82) is 0 Å². The molecule has 1 aliphatic heterocycles. The van der Waals surface area contributed by atoms with E-state index in [0.29, 0.717) is 11.3 Å². The van der Waals surface area contributed by atoms with Gasteiger partial charge in [-0.3, -0.25) is 4.90 Å². The average molecular weight is 250 g/mol. The fourth-order valence-corrected chi connectivity index (χ4v) is 3.36. The van der Waals surface area contributed by atoms with E-state index in [0.717, 1.165) is 0 Å². The fraction of sp³-hybridized carbons (Fsp3) is 0.643. The Balaban J connectivity index is 2.23. The maximum atomic E-state index is 4.56. The van der Waals surface area contributed by atoms with E-state index in [1.54, 1.807) is 0 Å². The second kappa shape index (κ2) is 5.87.